The number of carbonyl (C=O) groups is 1. The first-order chi connectivity index (χ1) is 10.4. The van der Waals surface area contributed by atoms with Crippen molar-refractivity contribution in [2.75, 3.05) is 12.3 Å². The van der Waals surface area contributed by atoms with E-state index in [2.05, 4.69) is 5.32 Å². The van der Waals surface area contributed by atoms with Crippen molar-refractivity contribution in [2.24, 2.45) is 5.92 Å². The molecule has 0 bridgehead atoms. The van der Waals surface area contributed by atoms with E-state index in [0.717, 1.165) is 12.8 Å². The third kappa shape index (κ3) is 3.52. The third-order valence-corrected chi connectivity index (χ3v) is 6.10. The lowest BCUT2D eigenvalue weighted by Crippen LogP contribution is -2.33. The van der Waals surface area contributed by atoms with Gasteiger partial charge >= 0.3 is 0 Å². The largest absolute Gasteiger partial charge is 0.355 e. The molecular weight excluding hydrogens is 322 g/mol. The zero-order valence-corrected chi connectivity index (χ0v) is 13.7. The van der Waals surface area contributed by atoms with Crippen molar-refractivity contribution in [3.63, 3.8) is 0 Å². The number of halogens is 1. The van der Waals surface area contributed by atoms with Gasteiger partial charge in [-0.25, -0.2) is 8.42 Å². The summed E-state index contributed by atoms with van der Waals surface area (Å²) in [5, 5.41) is 4.87. The van der Waals surface area contributed by atoms with Crippen molar-refractivity contribution in [2.45, 2.75) is 24.7 Å². The van der Waals surface area contributed by atoms with E-state index in [0.29, 0.717) is 11.6 Å². The Kier molecular flexibility index (Phi) is 4.03. The molecule has 0 aromatic heterocycles. The summed E-state index contributed by atoms with van der Waals surface area (Å²) in [6.45, 7) is 0.594. The van der Waals surface area contributed by atoms with Crippen LogP contribution in [0.4, 0.5) is 0 Å². The monoisotopic (exact) mass is 339 g/mol. The second-order valence-corrected chi connectivity index (χ2v) is 8.55. The molecule has 0 radical (unpaired) electrons. The highest BCUT2D eigenvalue weighted by atomic mass is 35.5. The number of sulfone groups is 1. The Hall–Kier alpha value is -1.33. The Morgan fingerprint density at radius 2 is 1.95 bits per heavy atom. The summed E-state index contributed by atoms with van der Waals surface area (Å²) in [5.74, 6) is -0.245. The van der Waals surface area contributed by atoms with Gasteiger partial charge in [0.05, 0.1) is 5.75 Å². The molecule has 1 atom stereocenters. The van der Waals surface area contributed by atoms with Crippen LogP contribution in [0.15, 0.2) is 35.7 Å². The molecule has 2 aliphatic rings. The first-order valence-electron chi connectivity index (χ1n) is 7.32. The minimum atomic E-state index is -3.09. The van der Waals surface area contributed by atoms with Crippen molar-refractivity contribution >= 4 is 27.3 Å². The number of amides is 1. The lowest BCUT2D eigenvalue weighted by Gasteiger charge is -2.17. The second-order valence-electron chi connectivity index (χ2n) is 6.19. The van der Waals surface area contributed by atoms with Crippen LogP contribution in [0, 0.1) is 5.92 Å². The molecule has 0 spiro atoms. The fourth-order valence-electron chi connectivity index (χ4n) is 2.87. The third-order valence-electron chi connectivity index (χ3n) is 4.39. The molecule has 4 nitrogen and oxygen atoms in total. The molecule has 1 N–H and O–H groups in total. The highest BCUT2D eigenvalue weighted by molar-refractivity contribution is 7.94. The summed E-state index contributed by atoms with van der Waals surface area (Å²) < 4.78 is 22.7. The number of rotatable bonds is 5. The molecule has 1 aliphatic carbocycles. The molecule has 0 saturated heterocycles. The summed E-state index contributed by atoms with van der Waals surface area (Å²) >= 11 is 5.90. The standard InChI is InChI=1S/C16H18ClNO3S/c17-14-3-1-13(2-4-14)16(6-7-16)11-18-15(19)9-12-5-8-22(20,21)10-12/h1-5,8,12H,6-7,9-11H2,(H,18,19)/t12-/m1/s1. The minimum absolute atomic E-state index is 0.0256. The van der Waals surface area contributed by atoms with Crippen molar-refractivity contribution in [3.8, 4) is 0 Å². The van der Waals surface area contributed by atoms with Gasteiger partial charge in [-0.05, 0) is 30.5 Å². The van der Waals surface area contributed by atoms with Crippen LogP contribution >= 0.6 is 11.6 Å². The van der Waals surface area contributed by atoms with Crippen LogP contribution in [0.5, 0.6) is 0 Å². The van der Waals surface area contributed by atoms with Crippen LogP contribution in [-0.2, 0) is 20.0 Å². The molecule has 0 unspecified atom stereocenters. The van der Waals surface area contributed by atoms with E-state index < -0.39 is 9.84 Å². The van der Waals surface area contributed by atoms with E-state index in [1.807, 2.05) is 24.3 Å². The fourth-order valence-corrected chi connectivity index (χ4v) is 4.39. The smallest absolute Gasteiger partial charge is 0.220 e. The van der Waals surface area contributed by atoms with Gasteiger partial charge < -0.3 is 5.32 Å². The van der Waals surface area contributed by atoms with E-state index in [4.69, 9.17) is 11.6 Å². The summed E-state index contributed by atoms with van der Waals surface area (Å²) in [4.78, 5) is 12.0. The molecule has 3 rings (SSSR count). The van der Waals surface area contributed by atoms with E-state index in [1.165, 1.54) is 11.0 Å². The first kappa shape index (κ1) is 15.6. The highest BCUT2D eigenvalue weighted by Gasteiger charge is 2.44. The quantitative estimate of drug-likeness (QED) is 0.896. The predicted molar refractivity (Wildman–Crippen MR) is 86.4 cm³/mol. The average molecular weight is 340 g/mol. The fraction of sp³-hybridized carbons (Fsp3) is 0.438. The summed E-state index contributed by atoms with van der Waals surface area (Å²) in [6.07, 6.45) is 3.94. The number of hydrogen-bond acceptors (Lipinski definition) is 3. The van der Waals surface area contributed by atoms with Crippen LogP contribution in [-0.4, -0.2) is 26.6 Å². The van der Waals surface area contributed by atoms with Crippen LogP contribution in [0.1, 0.15) is 24.8 Å². The Balaban J connectivity index is 1.53. The molecule has 6 heteroatoms. The SMILES string of the molecule is O=C(C[C@H]1C=CS(=O)(=O)C1)NCC1(c2ccc(Cl)cc2)CC1. The first-order valence-corrected chi connectivity index (χ1v) is 9.42. The number of allylic oxidation sites excluding steroid dienone is 1. The molecular formula is C16H18ClNO3S. The van der Waals surface area contributed by atoms with E-state index in [-0.39, 0.29) is 29.4 Å². The van der Waals surface area contributed by atoms with Gasteiger partial charge in [-0.2, -0.15) is 0 Å². The highest BCUT2D eigenvalue weighted by Crippen LogP contribution is 2.47. The maximum absolute atomic E-state index is 12.0. The van der Waals surface area contributed by atoms with Gasteiger partial charge in [-0.3, -0.25) is 4.79 Å². The van der Waals surface area contributed by atoms with Crippen LogP contribution in [0.25, 0.3) is 0 Å². The van der Waals surface area contributed by atoms with Crippen molar-refractivity contribution in [1.82, 2.24) is 5.32 Å². The Labute approximate surface area is 135 Å². The van der Waals surface area contributed by atoms with Crippen LogP contribution in [0.3, 0.4) is 0 Å². The number of benzene rings is 1. The van der Waals surface area contributed by atoms with Crippen LogP contribution < -0.4 is 5.32 Å². The van der Waals surface area contributed by atoms with E-state index >= 15 is 0 Å². The minimum Gasteiger partial charge on any atom is -0.355 e. The predicted octanol–water partition coefficient (Wildman–Crippen LogP) is 2.44. The maximum Gasteiger partial charge on any atom is 0.220 e. The summed E-state index contributed by atoms with van der Waals surface area (Å²) in [5.41, 5.74) is 1.22. The van der Waals surface area contributed by atoms with Crippen molar-refractivity contribution in [1.29, 1.82) is 0 Å². The molecule has 1 aromatic carbocycles. The molecule has 118 valence electrons. The number of nitrogens with one attached hydrogen (secondary N) is 1. The molecule has 1 saturated carbocycles. The average Bonchev–Trinajstić information content (AvgIpc) is 3.17. The molecule has 1 heterocycles. The van der Waals surface area contributed by atoms with E-state index in [1.54, 1.807) is 6.08 Å². The molecule has 1 aromatic rings. The zero-order chi connectivity index (χ0) is 15.8. The lowest BCUT2D eigenvalue weighted by atomic mass is 9.96. The van der Waals surface area contributed by atoms with Gasteiger partial charge in [0.2, 0.25) is 5.91 Å². The van der Waals surface area contributed by atoms with Gasteiger partial charge in [-0.1, -0.05) is 29.8 Å². The topological polar surface area (TPSA) is 63.2 Å². The van der Waals surface area contributed by atoms with Gasteiger partial charge in [0.25, 0.3) is 0 Å². The van der Waals surface area contributed by atoms with Gasteiger partial charge in [0, 0.05) is 34.7 Å². The second kappa shape index (κ2) is 5.70. The van der Waals surface area contributed by atoms with Crippen molar-refractivity contribution in [3.05, 3.63) is 46.3 Å². The summed E-state index contributed by atoms with van der Waals surface area (Å²) in [7, 11) is -3.09. The zero-order valence-electron chi connectivity index (χ0n) is 12.1. The molecule has 1 amide bonds. The van der Waals surface area contributed by atoms with Crippen LogP contribution in [0.2, 0.25) is 5.02 Å². The number of carbonyl (C=O) groups excluding carboxylic acids is 1. The van der Waals surface area contributed by atoms with Gasteiger partial charge in [0.15, 0.2) is 9.84 Å². The molecule has 1 fully saturated rings. The Morgan fingerprint density at radius 1 is 1.27 bits per heavy atom. The normalized spacial score (nSPS) is 24.1. The van der Waals surface area contributed by atoms with E-state index in [9.17, 15) is 13.2 Å². The van der Waals surface area contributed by atoms with Gasteiger partial charge in [0.1, 0.15) is 0 Å². The lowest BCUT2D eigenvalue weighted by molar-refractivity contribution is -0.121. The Bertz CT molecular complexity index is 705. The van der Waals surface area contributed by atoms with Gasteiger partial charge in [-0.15, -0.1) is 0 Å². The number of hydrogen-bond donors (Lipinski definition) is 1. The molecule has 1 aliphatic heterocycles. The Morgan fingerprint density at radius 3 is 2.50 bits per heavy atom. The molecule has 22 heavy (non-hydrogen) atoms. The summed E-state index contributed by atoms with van der Waals surface area (Å²) in [6, 6.07) is 7.75. The van der Waals surface area contributed by atoms with Crippen molar-refractivity contribution < 1.29 is 13.2 Å². The maximum atomic E-state index is 12.0.